The molecule has 0 radical (unpaired) electrons. The van der Waals surface area contributed by atoms with Gasteiger partial charge in [-0.1, -0.05) is 20.8 Å². The van der Waals surface area contributed by atoms with Crippen LogP contribution in [0, 0.1) is 11.8 Å². The molecule has 5 nitrogen and oxygen atoms in total. The smallest absolute Gasteiger partial charge is 0.240 e. The molecule has 2 N–H and O–H groups in total. The van der Waals surface area contributed by atoms with Crippen molar-refractivity contribution in [3.63, 3.8) is 0 Å². The van der Waals surface area contributed by atoms with E-state index in [1.807, 2.05) is 13.8 Å². The average Bonchev–Trinajstić information content (AvgIpc) is 2.45. The van der Waals surface area contributed by atoms with Crippen molar-refractivity contribution in [3.05, 3.63) is 23.8 Å². The summed E-state index contributed by atoms with van der Waals surface area (Å²) in [4.78, 5) is 0.144. The molecule has 1 atom stereocenters. The Kier molecular flexibility index (Phi) is 6.64. The molecule has 120 valence electrons. The summed E-state index contributed by atoms with van der Waals surface area (Å²) in [5.41, 5.74) is 0.469. The molecular weight excluding hydrogens is 290 g/mol. The first kappa shape index (κ1) is 17.9. The second-order valence-electron chi connectivity index (χ2n) is 5.43. The summed E-state index contributed by atoms with van der Waals surface area (Å²) in [5.74, 6) is 1.16. The third-order valence-corrected chi connectivity index (χ3v) is 4.97. The highest BCUT2D eigenvalue weighted by Gasteiger charge is 2.18. The molecule has 6 heteroatoms. The maximum atomic E-state index is 12.3. The number of nitrogens with one attached hydrogen (secondary N) is 1. The maximum Gasteiger partial charge on any atom is 0.240 e. The molecule has 0 saturated heterocycles. The minimum atomic E-state index is -3.57. The lowest BCUT2D eigenvalue weighted by atomic mass is 9.99. The monoisotopic (exact) mass is 315 g/mol. The molecule has 0 bridgehead atoms. The van der Waals surface area contributed by atoms with Crippen LogP contribution in [-0.2, 0) is 16.6 Å². The lowest BCUT2D eigenvalue weighted by Crippen LogP contribution is -2.30. The third kappa shape index (κ3) is 4.98. The van der Waals surface area contributed by atoms with Crippen LogP contribution >= 0.6 is 0 Å². The van der Waals surface area contributed by atoms with Crippen molar-refractivity contribution in [2.75, 3.05) is 13.2 Å². The normalized spacial score (nSPS) is 13.4. The molecule has 1 aromatic rings. The van der Waals surface area contributed by atoms with E-state index in [4.69, 9.17) is 4.74 Å². The van der Waals surface area contributed by atoms with Gasteiger partial charge in [-0.15, -0.1) is 0 Å². The van der Waals surface area contributed by atoms with E-state index >= 15 is 0 Å². The van der Waals surface area contributed by atoms with E-state index < -0.39 is 10.0 Å². The van der Waals surface area contributed by atoms with E-state index in [0.717, 1.165) is 0 Å². The summed E-state index contributed by atoms with van der Waals surface area (Å²) in [6.07, 6.45) is 0. The molecule has 0 aromatic heterocycles. The van der Waals surface area contributed by atoms with Crippen LogP contribution in [0.4, 0.5) is 0 Å². The molecule has 0 amide bonds. The molecule has 21 heavy (non-hydrogen) atoms. The Morgan fingerprint density at radius 3 is 2.48 bits per heavy atom. The second-order valence-corrected chi connectivity index (χ2v) is 7.20. The molecule has 0 saturated carbocycles. The van der Waals surface area contributed by atoms with Crippen molar-refractivity contribution in [1.82, 2.24) is 4.72 Å². The fraction of sp³-hybridized carbons (Fsp3) is 0.600. The maximum absolute atomic E-state index is 12.3. The van der Waals surface area contributed by atoms with Crippen molar-refractivity contribution < 1.29 is 18.3 Å². The zero-order chi connectivity index (χ0) is 16.0. The minimum Gasteiger partial charge on any atom is -0.494 e. The van der Waals surface area contributed by atoms with Gasteiger partial charge in [-0.3, -0.25) is 0 Å². The van der Waals surface area contributed by atoms with E-state index in [9.17, 15) is 13.5 Å². The lowest BCUT2D eigenvalue weighted by molar-refractivity contribution is 0.266. The second kappa shape index (κ2) is 7.77. The van der Waals surface area contributed by atoms with Crippen LogP contribution in [0.25, 0.3) is 0 Å². The van der Waals surface area contributed by atoms with Gasteiger partial charge in [0, 0.05) is 12.1 Å². The number of hydrogen-bond donors (Lipinski definition) is 2. The summed E-state index contributed by atoms with van der Waals surface area (Å²) in [6.45, 7) is 8.54. The van der Waals surface area contributed by atoms with Crippen molar-refractivity contribution in [3.8, 4) is 5.75 Å². The van der Waals surface area contributed by atoms with E-state index in [0.29, 0.717) is 30.4 Å². The highest BCUT2D eigenvalue weighted by molar-refractivity contribution is 7.89. The average molecular weight is 315 g/mol. The fourth-order valence-electron chi connectivity index (χ4n) is 1.70. The van der Waals surface area contributed by atoms with Gasteiger partial charge in [0.2, 0.25) is 10.0 Å². The Hall–Kier alpha value is -1.11. The van der Waals surface area contributed by atoms with Crippen molar-refractivity contribution >= 4 is 10.0 Å². The van der Waals surface area contributed by atoms with E-state index in [1.165, 1.54) is 12.1 Å². The fourth-order valence-corrected chi connectivity index (χ4v) is 2.90. The molecule has 0 aliphatic heterocycles. The van der Waals surface area contributed by atoms with Gasteiger partial charge in [0.1, 0.15) is 5.75 Å². The molecule has 0 aliphatic carbocycles. The van der Waals surface area contributed by atoms with Crippen LogP contribution in [0.2, 0.25) is 0 Å². The summed E-state index contributed by atoms with van der Waals surface area (Å²) >= 11 is 0. The number of benzene rings is 1. The van der Waals surface area contributed by atoms with Gasteiger partial charge in [0.15, 0.2) is 0 Å². The highest BCUT2D eigenvalue weighted by atomic mass is 32.2. The number of aliphatic hydroxyl groups excluding tert-OH is 1. The largest absolute Gasteiger partial charge is 0.494 e. The lowest BCUT2D eigenvalue weighted by Gasteiger charge is -2.17. The predicted molar refractivity (Wildman–Crippen MR) is 82.7 cm³/mol. The van der Waals surface area contributed by atoms with Gasteiger partial charge in [0.25, 0.3) is 0 Å². The number of ether oxygens (including phenoxy) is 1. The van der Waals surface area contributed by atoms with Gasteiger partial charge in [-0.25, -0.2) is 13.1 Å². The number of sulfonamides is 1. The number of hydrogen-bond acceptors (Lipinski definition) is 4. The molecule has 0 spiro atoms. The van der Waals surface area contributed by atoms with Gasteiger partial charge in [-0.2, -0.15) is 0 Å². The molecule has 0 heterocycles. The van der Waals surface area contributed by atoms with Crippen molar-refractivity contribution in [2.45, 2.75) is 39.2 Å². The molecule has 1 rings (SSSR count). The molecular formula is C15H25NO4S. The van der Waals surface area contributed by atoms with E-state index in [-0.39, 0.29) is 17.4 Å². The molecule has 0 aliphatic rings. The Morgan fingerprint density at radius 1 is 1.29 bits per heavy atom. The zero-order valence-electron chi connectivity index (χ0n) is 13.1. The number of aliphatic hydroxyl groups is 1. The van der Waals surface area contributed by atoms with Gasteiger partial charge in [0.05, 0.1) is 18.1 Å². The first-order chi connectivity index (χ1) is 9.81. The van der Waals surface area contributed by atoms with Gasteiger partial charge < -0.3 is 9.84 Å². The van der Waals surface area contributed by atoms with Crippen molar-refractivity contribution in [2.24, 2.45) is 11.8 Å². The van der Waals surface area contributed by atoms with Gasteiger partial charge in [-0.05, 0) is 37.0 Å². The number of rotatable bonds is 8. The van der Waals surface area contributed by atoms with Crippen LogP contribution in [0.3, 0.4) is 0 Å². The van der Waals surface area contributed by atoms with Crippen LogP contribution < -0.4 is 9.46 Å². The first-order valence-electron chi connectivity index (χ1n) is 7.18. The van der Waals surface area contributed by atoms with Crippen LogP contribution in [0.5, 0.6) is 5.75 Å². The van der Waals surface area contributed by atoms with Crippen LogP contribution in [-0.4, -0.2) is 26.7 Å². The first-order valence-corrected chi connectivity index (χ1v) is 8.66. The van der Waals surface area contributed by atoms with E-state index in [1.54, 1.807) is 6.07 Å². The summed E-state index contributed by atoms with van der Waals surface area (Å²) in [5, 5.41) is 9.33. The van der Waals surface area contributed by atoms with E-state index in [2.05, 4.69) is 18.6 Å². The third-order valence-electron chi connectivity index (χ3n) is 3.55. The highest BCUT2D eigenvalue weighted by Crippen LogP contribution is 2.23. The SMILES string of the molecule is CCOc1ccc(S(=O)(=O)NCC(C)C(C)C)cc1CO. The molecule has 1 unspecified atom stereocenters. The molecule has 0 fully saturated rings. The van der Waals surface area contributed by atoms with Crippen molar-refractivity contribution in [1.29, 1.82) is 0 Å². The van der Waals surface area contributed by atoms with Gasteiger partial charge >= 0.3 is 0 Å². The summed E-state index contributed by atoms with van der Waals surface area (Å²) in [7, 11) is -3.57. The Bertz CT molecular complexity index is 555. The van der Waals surface area contributed by atoms with Crippen LogP contribution in [0.1, 0.15) is 33.3 Å². The molecule has 1 aromatic carbocycles. The predicted octanol–water partition coefficient (Wildman–Crippen LogP) is 2.15. The van der Waals surface area contributed by atoms with Crippen LogP contribution in [0.15, 0.2) is 23.1 Å². The Labute approximate surface area is 127 Å². The standard InChI is InChI=1S/C15H25NO4S/c1-5-20-15-7-6-14(8-13(15)10-17)21(18,19)16-9-12(4)11(2)3/h6-8,11-12,16-17H,5,9-10H2,1-4H3. The zero-order valence-corrected chi connectivity index (χ0v) is 13.9. The Morgan fingerprint density at radius 2 is 1.95 bits per heavy atom. The Balaban J connectivity index is 2.93. The topological polar surface area (TPSA) is 75.6 Å². The minimum absolute atomic E-state index is 0.144. The quantitative estimate of drug-likeness (QED) is 0.771. The summed E-state index contributed by atoms with van der Waals surface area (Å²) in [6, 6.07) is 4.52. The summed E-state index contributed by atoms with van der Waals surface area (Å²) < 4.78 is 32.5.